The lowest BCUT2D eigenvalue weighted by Crippen LogP contribution is -2.38. The van der Waals surface area contributed by atoms with E-state index in [1.165, 1.54) is 0 Å². The van der Waals surface area contributed by atoms with Crippen molar-refractivity contribution in [1.29, 1.82) is 0 Å². The van der Waals surface area contributed by atoms with Gasteiger partial charge in [0.2, 0.25) is 5.95 Å². The van der Waals surface area contributed by atoms with Crippen molar-refractivity contribution >= 4 is 45.8 Å². The summed E-state index contributed by atoms with van der Waals surface area (Å²) in [5.41, 5.74) is 4.65. The first-order chi connectivity index (χ1) is 19.1. The molecule has 6 rings (SSSR count). The molecular weight excluding hydrogens is 510 g/mol. The second-order valence-electron chi connectivity index (χ2n) is 9.58. The molecule has 2 aliphatic rings. The van der Waals surface area contributed by atoms with Gasteiger partial charge in [0.15, 0.2) is 0 Å². The SMILES string of the molecule is O=C1NC(=O)/C(=C\c2ccnc(N3CCC(CNCc4cccc(-c5ccnc6ccccc56)n4)CC3)n2)S1. The van der Waals surface area contributed by atoms with Gasteiger partial charge < -0.3 is 10.2 Å². The molecule has 2 amide bonds. The number of carbonyl (C=O) groups is 2. The number of aromatic nitrogens is 4. The van der Waals surface area contributed by atoms with E-state index in [4.69, 9.17) is 4.98 Å². The fourth-order valence-corrected chi connectivity index (χ4v) is 5.61. The molecule has 10 heteroatoms. The Morgan fingerprint density at radius 1 is 0.974 bits per heavy atom. The zero-order valence-electron chi connectivity index (χ0n) is 21.2. The van der Waals surface area contributed by atoms with Gasteiger partial charge in [-0.3, -0.25) is 24.9 Å². The quantitative estimate of drug-likeness (QED) is 0.331. The van der Waals surface area contributed by atoms with E-state index in [2.05, 4.69) is 54.8 Å². The first kappa shape index (κ1) is 25.1. The monoisotopic (exact) mass is 537 g/mol. The normalized spacial score (nSPS) is 17.2. The van der Waals surface area contributed by atoms with Crippen LogP contribution in [-0.4, -0.2) is 50.7 Å². The summed E-state index contributed by atoms with van der Waals surface area (Å²) in [6, 6.07) is 18.1. The Bertz CT molecular complexity index is 1560. The van der Waals surface area contributed by atoms with Crippen LogP contribution >= 0.6 is 11.8 Å². The molecule has 0 unspecified atom stereocenters. The van der Waals surface area contributed by atoms with Crippen molar-refractivity contribution in [2.45, 2.75) is 19.4 Å². The lowest BCUT2D eigenvalue weighted by atomic mass is 9.97. The average molecular weight is 538 g/mol. The molecule has 0 spiro atoms. The number of hydrogen-bond acceptors (Lipinski definition) is 9. The standard InChI is InChI=1S/C29H27N7O2S/c37-27-26(39-29(38)35-27)16-20-8-12-32-28(34-20)36-14-10-19(11-15-36)17-30-18-21-4-3-7-25(33-21)23-9-13-31-24-6-2-1-5-22(23)24/h1-9,12-13,16,19,30H,10-11,14-15,17-18H2,(H,35,37,38)/b26-16+. The minimum Gasteiger partial charge on any atom is -0.341 e. The first-order valence-corrected chi connectivity index (χ1v) is 13.8. The van der Waals surface area contributed by atoms with Crippen LogP contribution in [0.15, 0.2) is 71.9 Å². The summed E-state index contributed by atoms with van der Waals surface area (Å²) in [7, 11) is 0. The Morgan fingerprint density at radius 3 is 2.67 bits per heavy atom. The number of imide groups is 1. The third-order valence-electron chi connectivity index (χ3n) is 6.95. The number of piperidine rings is 1. The molecule has 2 N–H and O–H groups in total. The number of benzene rings is 1. The number of thioether (sulfide) groups is 1. The molecule has 196 valence electrons. The van der Waals surface area contributed by atoms with E-state index in [-0.39, 0.29) is 11.1 Å². The Kier molecular flexibility index (Phi) is 7.29. The number of nitrogens with zero attached hydrogens (tertiary/aromatic N) is 5. The van der Waals surface area contributed by atoms with Crippen molar-refractivity contribution in [2.24, 2.45) is 5.92 Å². The molecule has 0 radical (unpaired) electrons. The molecule has 39 heavy (non-hydrogen) atoms. The number of hydrogen-bond donors (Lipinski definition) is 2. The molecular formula is C29H27N7O2S. The van der Waals surface area contributed by atoms with Gasteiger partial charge in [-0.1, -0.05) is 24.3 Å². The van der Waals surface area contributed by atoms with Crippen LogP contribution in [0.5, 0.6) is 0 Å². The van der Waals surface area contributed by atoms with Gasteiger partial charge in [-0.2, -0.15) is 0 Å². The number of para-hydroxylation sites is 1. The highest BCUT2D eigenvalue weighted by Gasteiger charge is 2.26. The zero-order valence-corrected chi connectivity index (χ0v) is 22.0. The van der Waals surface area contributed by atoms with Crippen molar-refractivity contribution in [1.82, 2.24) is 30.6 Å². The third-order valence-corrected chi connectivity index (χ3v) is 7.76. The summed E-state index contributed by atoms with van der Waals surface area (Å²) in [5, 5.41) is 6.61. The van der Waals surface area contributed by atoms with Gasteiger partial charge in [0, 0.05) is 43.0 Å². The van der Waals surface area contributed by atoms with Crippen LogP contribution in [0, 0.1) is 5.92 Å². The first-order valence-electron chi connectivity index (χ1n) is 13.0. The smallest absolute Gasteiger partial charge is 0.290 e. The largest absolute Gasteiger partial charge is 0.341 e. The second kappa shape index (κ2) is 11.3. The summed E-state index contributed by atoms with van der Waals surface area (Å²) in [6.07, 6.45) is 7.23. The Balaban J connectivity index is 1.02. The van der Waals surface area contributed by atoms with Crippen molar-refractivity contribution in [3.05, 3.63) is 83.3 Å². The molecule has 9 nitrogen and oxygen atoms in total. The number of carbonyl (C=O) groups excluding carboxylic acids is 2. The summed E-state index contributed by atoms with van der Waals surface area (Å²) in [5.74, 6) is 0.824. The van der Waals surface area contributed by atoms with E-state index in [0.717, 1.165) is 72.1 Å². The average Bonchev–Trinajstić information content (AvgIpc) is 3.29. The predicted octanol–water partition coefficient (Wildman–Crippen LogP) is 4.42. The number of rotatable bonds is 7. The van der Waals surface area contributed by atoms with Crippen molar-refractivity contribution in [3.8, 4) is 11.3 Å². The predicted molar refractivity (Wildman–Crippen MR) is 153 cm³/mol. The minimum atomic E-state index is -0.383. The molecule has 1 aromatic carbocycles. The van der Waals surface area contributed by atoms with Crippen LogP contribution in [0.25, 0.3) is 28.2 Å². The molecule has 2 aliphatic heterocycles. The topological polar surface area (TPSA) is 113 Å². The van der Waals surface area contributed by atoms with Gasteiger partial charge in [0.05, 0.1) is 27.5 Å². The molecule has 0 bridgehead atoms. The van der Waals surface area contributed by atoms with E-state index in [0.29, 0.717) is 29.0 Å². The molecule has 2 saturated heterocycles. The van der Waals surface area contributed by atoms with Crippen molar-refractivity contribution in [3.63, 3.8) is 0 Å². The van der Waals surface area contributed by atoms with Gasteiger partial charge in [0.1, 0.15) is 0 Å². The molecule has 4 aromatic rings. The number of fused-ring (bicyclic) bond motifs is 1. The molecule has 2 fully saturated rings. The van der Waals surface area contributed by atoms with Gasteiger partial charge >= 0.3 is 0 Å². The van der Waals surface area contributed by atoms with Gasteiger partial charge in [0.25, 0.3) is 11.1 Å². The molecule has 0 aliphatic carbocycles. The van der Waals surface area contributed by atoms with Crippen LogP contribution in [0.3, 0.4) is 0 Å². The lowest BCUT2D eigenvalue weighted by Gasteiger charge is -2.32. The summed E-state index contributed by atoms with van der Waals surface area (Å²) >= 11 is 0.890. The van der Waals surface area contributed by atoms with Crippen LogP contribution in [-0.2, 0) is 11.3 Å². The minimum absolute atomic E-state index is 0.351. The van der Waals surface area contributed by atoms with E-state index in [1.807, 2.05) is 30.5 Å². The Morgan fingerprint density at radius 2 is 1.82 bits per heavy atom. The van der Waals surface area contributed by atoms with Gasteiger partial charge in [-0.15, -0.1) is 0 Å². The molecule has 5 heterocycles. The van der Waals surface area contributed by atoms with E-state index < -0.39 is 0 Å². The Labute approximate surface area is 230 Å². The fourth-order valence-electron chi connectivity index (χ4n) is 4.94. The maximum Gasteiger partial charge on any atom is 0.290 e. The highest BCUT2D eigenvalue weighted by molar-refractivity contribution is 8.18. The summed E-state index contributed by atoms with van der Waals surface area (Å²) < 4.78 is 0. The highest BCUT2D eigenvalue weighted by atomic mass is 32.2. The van der Waals surface area contributed by atoms with Gasteiger partial charge in [-0.25, -0.2) is 9.97 Å². The highest BCUT2D eigenvalue weighted by Crippen LogP contribution is 2.27. The Hall–Kier alpha value is -4.15. The molecule has 0 atom stereocenters. The second-order valence-corrected chi connectivity index (χ2v) is 10.6. The molecule has 0 saturated carbocycles. The maximum absolute atomic E-state index is 11.8. The van der Waals surface area contributed by atoms with Crippen LogP contribution in [0.2, 0.25) is 0 Å². The van der Waals surface area contributed by atoms with Crippen molar-refractivity contribution < 1.29 is 9.59 Å². The van der Waals surface area contributed by atoms with E-state index >= 15 is 0 Å². The van der Waals surface area contributed by atoms with Crippen molar-refractivity contribution in [2.75, 3.05) is 24.5 Å². The van der Waals surface area contributed by atoms with Crippen LogP contribution in [0.4, 0.5) is 10.7 Å². The van der Waals surface area contributed by atoms with E-state index in [1.54, 1.807) is 18.3 Å². The zero-order chi connectivity index (χ0) is 26.6. The van der Waals surface area contributed by atoms with Crippen LogP contribution < -0.4 is 15.5 Å². The maximum atomic E-state index is 11.8. The van der Waals surface area contributed by atoms with Crippen LogP contribution in [0.1, 0.15) is 24.2 Å². The lowest BCUT2D eigenvalue weighted by molar-refractivity contribution is -0.115. The number of pyridine rings is 2. The fraction of sp³-hybridized carbons (Fsp3) is 0.241. The molecule has 3 aromatic heterocycles. The number of amides is 2. The summed E-state index contributed by atoms with van der Waals surface area (Å²) in [6.45, 7) is 3.36. The third kappa shape index (κ3) is 5.81. The number of nitrogens with one attached hydrogen (secondary N) is 2. The van der Waals surface area contributed by atoms with Gasteiger partial charge in [-0.05, 0) is 73.5 Å². The summed E-state index contributed by atoms with van der Waals surface area (Å²) in [4.78, 5) is 44.2. The number of anilines is 1. The van der Waals surface area contributed by atoms with E-state index in [9.17, 15) is 9.59 Å².